The maximum Gasteiger partial charge on any atom is 0.329 e. The molecule has 0 bridgehead atoms. The molecule has 0 radical (unpaired) electrons. The molecular weight excluding hydrogens is 174 g/mol. The second kappa shape index (κ2) is 6.05. The van der Waals surface area contributed by atoms with E-state index in [0.717, 1.165) is 6.08 Å². The van der Waals surface area contributed by atoms with E-state index >= 15 is 0 Å². The van der Waals surface area contributed by atoms with Crippen molar-refractivity contribution in [3.8, 4) is 0 Å². The largest absolute Gasteiger partial charge is 0.478 e. The average molecular weight is 187 g/mol. The van der Waals surface area contributed by atoms with Gasteiger partial charge >= 0.3 is 11.9 Å². The van der Waals surface area contributed by atoms with Gasteiger partial charge in [0.25, 0.3) is 0 Å². The quantitative estimate of drug-likeness (QED) is 0.472. The molecule has 13 heavy (non-hydrogen) atoms. The van der Waals surface area contributed by atoms with Gasteiger partial charge in [-0.1, -0.05) is 0 Å². The van der Waals surface area contributed by atoms with Crippen LogP contribution in [-0.2, 0) is 14.3 Å². The van der Waals surface area contributed by atoms with Gasteiger partial charge < -0.3 is 15.2 Å². The van der Waals surface area contributed by atoms with Gasteiger partial charge in [0.05, 0.1) is 6.61 Å². The van der Waals surface area contributed by atoms with Crippen LogP contribution in [0.2, 0.25) is 0 Å². The van der Waals surface area contributed by atoms with Crippen LogP contribution in [0.15, 0.2) is 12.3 Å². The lowest BCUT2D eigenvalue weighted by atomic mass is 10.3. The number of esters is 1. The van der Waals surface area contributed by atoms with Gasteiger partial charge in [-0.05, 0) is 13.8 Å². The molecule has 0 saturated heterocycles. The third-order valence-corrected chi connectivity index (χ3v) is 1.21. The van der Waals surface area contributed by atoms with Crippen molar-refractivity contribution >= 4 is 11.9 Å². The summed E-state index contributed by atoms with van der Waals surface area (Å²) in [7, 11) is 0. The molecule has 1 atom stereocenters. The Hall–Kier alpha value is -1.52. The number of carboxylic acid groups (broad SMARTS) is 1. The lowest BCUT2D eigenvalue weighted by Crippen LogP contribution is -2.31. The summed E-state index contributed by atoms with van der Waals surface area (Å²) in [6, 6.07) is -0.532. The minimum atomic E-state index is -1.07. The lowest BCUT2D eigenvalue weighted by molar-refractivity contribution is -0.145. The summed E-state index contributed by atoms with van der Waals surface area (Å²) in [6.07, 6.45) is 2.11. The monoisotopic (exact) mass is 187 g/mol. The van der Waals surface area contributed by atoms with Crippen LogP contribution in [0.25, 0.3) is 0 Å². The van der Waals surface area contributed by atoms with E-state index in [1.165, 1.54) is 6.20 Å². The van der Waals surface area contributed by atoms with E-state index in [-0.39, 0.29) is 0 Å². The number of carbonyl (C=O) groups is 2. The molecule has 0 aromatic rings. The van der Waals surface area contributed by atoms with Crippen LogP contribution >= 0.6 is 0 Å². The predicted octanol–water partition coefficient (Wildman–Crippen LogP) is 0.126. The lowest BCUT2D eigenvalue weighted by Gasteiger charge is -2.09. The van der Waals surface area contributed by atoms with Gasteiger partial charge in [-0.15, -0.1) is 0 Å². The fourth-order valence-corrected chi connectivity index (χ4v) is 0.599. The first kappa shape index (κ1) is 11.5. The normalized spacial score (nSPS) is 12.5. The Bertz CT molecular complexity index is 212. The molecule has 0 aromatic heterocycles. The Morgan fingerprint density at radius 1 is 1.62 bits per heavy atom. The average Bonchev–Trinajstić information content (AvgIpc) is 2.04. The molecule has 0 aliphatic rings. The molecule has 0 saturated carbocycles. The molecule has 0 rings (SSSR count). The van der Waals surface area contributed by atoms with Gasteiger partial charge in [-0.25, -0.2) is 9.59 Å². The number of rotatable bonds is 5. The molecule has 5 heteroatoms. The summed E-state index contributed by atoms with van der Waals surface area (Å²) in [4.78, 5) is 21.0. The number of hydrogen-bond donors (Lipinski definition) is 2. The van der Waals surface area contributed by atoms with Crippen LogP contribution < -0.4 is 5.32 Å². The van der Waals surface area contributed by atoms with Crippen LogP contribution in [-0.4, -0.2) is 29.7 Å². The van der Waals surface area contributed by atoms with Crippen LogP contribution in [0.5, 0.6) is 0 Å². The SMILES string of the molecule is CCOC(=O)C(C)N/C=C/C(=O)O. The van der Waals surface area contributed by atoms with Gasteiger partial charge in [0.1, 0.15) is 6.04 Å². The van der Waals surface area contributed by atoms with Crippen LogP contribution in [0, 0.1) is 0 Å². The van der Waals surface area contributed by atoms with Crippen LogP contribution in [0.1, 0.15) is 13.8 Å². The third kappa shape index (κ3) is 5.72. The van der Waals surface area contributed by atoms with Crippen molar-refractivity contribution in [2.45, 2.75) is 19.9 Å². The second-order valence-corrected chi connectivity index (χ2v) is 2.31. The molecule has 2 N–H and O–H groups in total. The first-order valence-corrected chi connectivity index (χ1v) is 3.90. The molecule has 74 valence electrons. The smallest absolute Gasteiger partial charge is 0.329 e. The van der Waals surface area contributed by atoms with E-state index < -0.39 is 18.0 Å². The number of aliphatic carboxylic acids is 1. The Balaban J connectivity index is 3.79. The van der Waals surface area contributed by atoms with E-state index in [9.17, 15) is 9.59 Å². The fourth-order valence-electron chi connectivity index (χ4n) is 0.599. The topological polar surface area (TPSA) is 75.6 Å². The Labute approximate surface area is 76.4 Å². The van der Waals surface area contributed by atoms with Gasteiger partial charge in [0.2, 0.25) is 0 Å². The van der Waals surface area contributed by atoms with Gasteiger partial charge in [0.15, 0.2) is 0 Å². The predicted molar refractivity (Wildman–Crippen MR) is 46.0 cm³/mol. The molecule has 0 aromatic carbocycles. The Morgan fingerprint density at radius 3 is 2.69 bits per heavy atom. The summed E-state index contributed by atoms with van der Waals surface area (Å²) in [6.45, 7) is 3.61. The maximum atomic E-state index is 11.0. The van der Waals surface area contributed by atoms with E-state index in [4.69, 9.17) is 5.11 Å². The van der Waals surface area contributed by atoms with Gasteiger partial charge in [-0.2, -0.15) is 0 Å². The fraction of sp³-hybridized carbons (Fsp3) is 0.500. The highest BCUT2D eigenvalue weighted by Gasteiger charge is 2.10. The van der Waals surface area contributed by atoms with Crippen molar-refractivity contribution in [2.24, 2.45) is 0 Å². The maximum absolute atomic E-state index is 11.0. The highest BCUT2D eigenvalue weighted by Crippen LogP contribution is 1.87. The minimum absolute atomic E-state index is 0.313. The zero-order valence-electron chi connectivity index (χ0n) is 7.61. The zero-order chi connectivity index (χ0) is 10.3. The summed E-state index contributed by atoms with van der Waals surface area (Å²) in [5.41, 5.74) is 0. The van der Waals surface area contributed by atoms with Crippen molar-refractivity contribution in [1.29, 1.82) is 0 Å². The summed E-state index contributed by atoms with van der Waals surface area (Å²) < 4.78 is 4.68. The van der Waals surface area contributed by atoms with Crippen molar-refractivity contribution in [3.63, 3.8) is 0 Å². The molecule has 0 fully saturated rings. The summed E-state index contributed by atoms with van der Waals surface area (Å²) in [5, 5.41) is 10.8. The van der Waals surface area contributed by atoms with E-state index in [0.29, 0.717) is 6.61 Å². The zero-order valence-corrected chi connectivity index (χ0v) is 7.61. The molecule has 1 unspecified atom stereocenters. The highest BCUT2D eigenvalue weighted by atomic mass is 16.5. The summed E-state index contributed by atoms with van der Waals surface area (Å²) >= 11 is 0. The Morgan fingerprint density at radius 2 is 2.23 bits per heavy atom. The number of hydrogen-bond acceptors (Lipinski definition) is 4. The molecule has 0 heterocycles. The summed E-state index contributed by atoms with van der Waals surface area (Å²) in [5.74, 6) is -1.47. The van der Waals surface area contributed by atoms with Gasteiger partial charge in [0, 0.05) is 12.3 Å². The van der Waals surface area contributed by atoms with Crippen LogP contribution in [0.3, 0.4) is 0 Å². The first-order chi connectivity index (χ1) is 6.07. The Kier molecular flexibility index (Phi) is 5.34. The molecule has 0 aliphatic heterocycles. The molecule has 5 nitrogen and oxygen atoms in total. The number of carbonyl (C=O) groups excluding carboxylic acids is 1. The number of carboxylic acids is 1. The number of ether oxygens (including phenoxy) is 1. The second-order valence-electron chi connectivity index (χ2n) is 2.31. The van der Waals surface area contributed by atoms with Gasteiger partial charge in [-0.3, -0.25) is 0 Å². The van der Waals surface area contributed by atoms with Crippen molar-refractivity contribution in [3.05, 3.63) is 12.3 Å². The van der Waals surface area contributed by atoms with Crippen molar-refractivity contribution < 1.29 is 19.4 Å². The standard InChI is InChI=1S/C8H13NO4/c1-3-13-8(12)6(2)9-5-4-7(10)11/h4-6,9H,3H2,1-2H3,(H,10,11)/b5-4+. The minimum Gasteiger partial charge on any atom is -0.478 e. The molecule has 0 aliphatic carbocycles. The number of nitrogens with one attached hydrogen (secondary N) is 1. The van der Waals surface area contributed by atoms with E-state index in [1.54, 1.807) is 13.8 Å². The van der Waals surface area contributed by atoms with E-state index in [1.807, 2.05) is 0 Å². The highest BCUT2D eigenvalue weighted by molar-refractivity contribution is 5.80. The van der Waals surface area contributed by atoms with Crippen molar-refractivity contribution in [2.75, 3.05) is 6.61 Å². The molecular formula is C8H13NO4. The third-order valence-electron chi connectivity index (χ3n) is 1.21. The van der Waals surface area contributed by atoms with E-state index in [2.05, 4.69) is 10.1 Å². The molecule has 0 amide bonds. The van der Waals surface area contributed by atoms with Crippen LogP contribution in [0.4, 0.5) is 0 Å². The van der Waals surface area contributed by atoms with Crippen molar-refractivity contribution in [1.82, 2.24) is 5.32 Å². The first-order valence-electron chi connectivity index (χ1n) is 3.90. The molecule has 0 spiro atoms.